The van der Waals surface area contributed by atoms with E-state index in [-0.39, 0.29) is 11.3 Å². The summed E-state index contributed by atoms with van der Waals surface area (Å²) in [7, 11) is 0. The van der Waals surface area contributed by atoms with Gasteiger partial charge in [-0.15, -0.1) is 0 Å². The van der Waals surface area contributed by atoms with Crippen LogP contribution in [0.2, 0.25) is 0 Å². The summed E-state index contributed by atoms with van der Waals surface area (Å²) in [5, 5.41) is 2.69. The Hall–Kier alpha value is -0.970. The van der Waals surface area contributed by atoms with Crippen LogP contribution < -0.4 is 5.32 Å². The maximum absolute atomic E-state index is 11.5. The van der Waals surface area contributed by atoms with E-state index in [1.807, 2.05) is 20.8 Å². The lowest BCUT2D eigenvalue weighted by Gasteiger charge is -2.16. The van der Waals surface area contributed by atoms with Crippen LogP contribution in [0, 0.1) is 5.41 Å². The van der Waals surface area contributed by atoms with E-state index in [0.717, 1.165) is 0 Å². The van der Waals surface area contributed by atoms with Crippen molar-refractivity contribution >= 4 is 27.7 Å². The molecule has 1 aromatic heterocycles. The highest BCUT2D eigenvalue weighted by Gasteiger charge is 2.16. The van der Waals surface area contributed by atoms with Crippen LogP contribution in [0.5, 0.6) is 0 Å². The number of nitrogens with one attached hydrogen (secondary N) is 1. The van der Waals surface area contributed by atoms with Gasteiger partial charge in [-0.2, -0.15) is 0 Å². The smallest absolute Gasteiger partial charge is 0.226 e. The Balaban J connectivity index is 2.55. The van der Waals surface area contributed by atoms with Crippen LogP contribution in [0.15, 0.2) is 17.0 Å². The first-order valence-electron chi connectivity index (χ1n) is 4.64. The third-order valence-electron chi connectivity index (χ3n) is 1.58. The third kappa shape index (κ3) is 4.88. The predicted octanol–water partition coefficient (Wildman–Crippen LogP) is 2.61. The van der Waals surface area contributed by atoms with E-state index in [4.69, 9.17) is 0 Å². The van der Waals surface area contributed by atoms with E-state index in [0.29, 0.717) is 16.8 Å². The fourth-order valence-corrected chi connectivity index (χ4v) is 1.25. The van der Waals surface area contributed by atoms with Gasteiger partial charge >= 0.3 is 0 Å². The molecule has 1 amide bonds. The Bertz CT molecular complexity index is 343. The molecule has 1 N–H and O–H groups in total. The Morgan fingerprint density at radius 2 is 2.07 bits per heavy atom. The first-order valence-corrected chi connectivity index (χ1v) is 5.43. The van der Waals surface area contributed by atoms with Gasteiger partial charge in [0.15, 0.2) is 5.82 Å². The second kappa shape index (κ2) is 4.70. The van der Waals surface area contributed by atoms with Crippen LogP contribution in [-0.4, -0.2) is 15.9 Å². The average molecular weight is 272 g/mol. The lowest BCUT2D eigenvalue weighted by Crippen LogP contribution is -2.20. The number of hydrogen-bond donors (Lipinski definition) is 1. The minimum absolute atomic E-state index is 0.0210. The van der Waals surface area contributed by atoms with Gasteiger partial charge in [-0.1, -0.05) is 20.8 Å². The van der Waals surface area contributed by atoms with Crippen molar-refractivity contribution in [1.29, 1.82) is 0 Å². The highest BCUT2D eigenvalue weighted by Crippen LogP contribution is 2.19. The minimum Gasteiger partial charge on any atom is -0.309 e. The molecule has 0 unspecified atom stereocenters. The van der Waals surface area contributed by atoms with Gasteiger partial charge in [0.2, 0.25) is 5.91 Å². The number of rotatable bonds is 2. The summed E-state index contributed by atoms with van der Waals surface area (Å²) in [5.41, 5.74) is -0.0210. The molecule has 0 fully saturated rings. The van der Waals surface area contributed by atoms with Crippen LogP contribution in [0.3, 0.4) is 0 Å². The van der Waals surface area contributed by atoms with Crippen LogP contribution >= 0.6 is 15.9 Å². The van der Waals surface area contributed by atoms with Gasteiger partial charge in [-0.3, -0.25) is 4.79 Å². The maximum atomic E-state index is 11.5. The fraction of sp³-hybridized carbons (Fsp3) is 0.500. The number of nitrogens with zero attached hydrogens (tertiary/aromatic N) is 2. The van der Waals surface area contributed by atoms with Gasteiger partial charge in [-0.25, -0.2) is 9.97 Å². The van der Waals surface area contributed by atoms with E-state index >= 15 is 0 Å². The van der Waals surface area contributed by atoms with E-state index in [1.54, 1.807) is 6.20 Å². The third-order valence-corrected chi connectivity index (χ3v) is 1.99. The van der Waals surface area contributed by atoms with Gasteiger partial charge in [0.1, 0.15) is 4.60 Å². The molecule has 0 saturated carbocycles. The van der Waals surface area contributed by atoms with Crippen molar-refractivity contribution in [3.8, 4) is 0 Å². The molecule has 0 aliphatic heterocycles. The highest BCUT2D eigenvalue weighted by atomic mass is 79.9. The number of carbonyl (C=O) groups is 1. The standard InChI is InChI=1S/C10H14BrN3O/c1-10(2,3)4-9(15)14-8-6-12-7(11)5-13-8/h5-6H,4H2,1-3H3,(H,13,14,15). The van der Waals surface area contributed by atoms with Gasteiger partial charge in [0.25, 0.3) is 0 Å². The fourth-order valence-electron chi connectivity index (χ4n) is 1.05. The Labute approximate surface area is 97.6 Å². The molecule has 0 aliphatic rings. The molecule has 0 radical (unpaired) electrons. The van der Waals surface area contributed by atoms with E-state index in [2.05, 4.69) is 31.2 Å². The Morgan fingerprint density at radius 1 is 1.40 bits per heavy atom. The number of anilines is 1. The SMILES string of the molecule is CC(C)(C)CC(=O)Nc1cnc(Br)cn1. The second-order valence-corrected chi connectivity index (χ2v) is 5.32. The molecule has 0 bridgehead atoms. The van der Waals surface area contributed by atoms with Crippen LogP contribution in [0.25, 0.3) is 0 Å². The summed E-state index contributed by atoms with van der Waals surface area (Å²) >= 11 is 3.17. The first kappa shape index (κ1) is 12.1. The average Bonchev–Trinajstić information content (AvgIpc) is 2.05. The molecule has 15 heavy (non-hydrogen) atoms. The molecule has 1 rings (SSSR count). The molecular weight excluding hydrogens is 258 g/mol. The molecule has 1 aromatic rings. The van der Waals surface area contributed by atoms with Crippen molar-refractivity contribution in [3.05, 3.63) is 17.0 Å². The summed E-state index contributed by atoms with van der Waals surface area (Å²) in [6.45, 7) is 6.04. The summed E-state index contributed by atoms with van der Waals surface area (Å²) in [4.78, 5) is 19.5. The molecule has 4 nitrogen and oxygen atoms in total. The monoisotopic (exact) mass is 271 g/mol. The molecule has 5 heteroatoms. The largest absolute Gasteiger partial charge is 0.309 e. The van der Waals surface area contributed by atoms with Gasteiger partial charge in [-0.05, 0) is 21.3 Å². The molecule has 0 spiro atoms. The number of aromatic nitrogens is 2. The van der Waals surface area contributed by atoms with Crippen LogP contribution in [0.1, 0.15) is 27.2 Å². The first-order chi connectivity index (χ1) is 6.87. The van der Waals surface area contributed by atoms with Crippen molar-refractivity contribution in [1.82, 2.24) is 9.97 Å². The number of amides is 1. The quantitative estimate of drug-likeness (QED) is 0.900. The summed E-state index contributed by atoms with van der Waals surface area (Å²) in [6, 6.07) is 0. The molecular formula is C10H14BrN3O. The van der Waals surface area contributed by atoms with Gasteiger partial charge < -0.3 is 5.32 Å². The lowest BCUT2D eigenvalue weighted by molar-refractivity contribution is -0.117. The lowest BCUT2D eigenvalue weighted by atomic mass is 9.92. The molecule has 1 heterocycles. The molecule has 0 saturated heterocycles. The highest BCUT2D eigenvalue weighted by molar-refractivity contribution is 9.10. The number of carbonyl (C=O) groups excluding carboxylic acids is 1. The summed E-state index contributed by atoms with van der Waals surface area (Å²) in [6.07, 6.45) is 3.53. The van der Waals surface area contributed by atoms with E-state index in [9.17, 15) is 4.79 Å². The molecule has 82 valence electrons. The zero-order valence-corrected chi connectivity index (χ0v) is 10.6. The van der Waals surface area contributed by atoms with Gasteiger partial charge in [0.05, 0.1) is 12.4 Å². The van der Waals surface area contributed by atoms with Crippen molar-refractivity contribution < 1.29 is 4.79 Å². The maximum Gasteiger partial charge on any atom is 0.226 e. The number of halogens is 1. The van der Waals surface area contributed by atoms with Gasteiger partial charge in [0, 0.05) is 6.42 Å². The number of hydrogen-bond acceptors (Lipinski definition) is 3. The zero-order chi connectivity index (χ0) is 11.5. The topological polar surface area (TPSA) is 54.9 Å². The Morgan fingerprint density at radius 3 is 2.53 bits per heavy atom. The molecule has 0 aliphatic carbocycles. The molecule has 0 atom stereocenters. The zero-order valence-electron chi connectivity index (χ0n) is 9.04. The van der Waals surface area contributed by atoms with Crippen molar-refractivity contribution in [2.75, 3.05) is 5.32 Å². The van der Waals surface area contributed by atoms with Crippen molar-refractivity contribution in [2.24, 2.45) is 5.41 Å². The van der Waals surface area contributed by atoms with E-state index in [1.165, 1.54) is 6.20 Å². The van der Waals surface area contributed by atoms with Crippen molar-refractivity contribution in [2.45, 2.75) is 27.2 Å². The second-order valence-electron chi connectivity index (χ2n) is 4.51. The summed E-state index contributed by atoms with van der Waals surface area (Å²) in [5.74, 6) is 0.437. The van der Waals surface area contributed by atoms with E-state index < -0.39 is 0 Å². The minimum atomic E-state index is -0.0425. The predicted molar refractivity (Wildman–Crippen MR) is 62.4 cm³/mol. The molecule has 0 aromatic carbocycles. The normalized spacial score (nSPS) is 11.2. The van der Waals surface area contributed by atoms with Crippen LogP contribution in [0.4, 0.5) is 5.82 Å². The van der Waals surface area contributed by atoms with Crippen molar-refractivity contribution in [3.63, 3.8) is 0 Å². The van der Waals surface area contributed by atoms with Crippen LogP contribution in [-0.2, 0) is 4.79 Å². The Kier molecular flexibility index (Phi) is 3.79. The summed E-state index contributed by atoms with van der Waals surface area (Å²) < 4.78 is 0.649.